The first-order valence-corrected chi connectivity index (χ1v) is 11.6. The first kappa shape index (κ1) is 29.6. The highest BCUT2D eigenvalue weighted by atomic mass is 16.5. The molecule has 9 N–H and O–H groups in total. The Hall–Kier alpha value is -2.40. The number of unbranched alkanes of at least 4 members (excludes halogenated alkanes) is 2. The standard InChI is InChI=1S/C21H43N7O4/c1-2-8-20(31)32-17(9-3-4-14-27-21(23)24)15-18(29)28-16-19(30)26-13-6-5-11-25-12-7-10-22/h17,25H,2-16,22H2,1H3,(H,26,30)(H,28,29)(H4,23,24,27). The molecule has 0 aliphatic carbocycles. The maximum Gasteiger partial charge on any atom is 0.306 e. The molecule has 32 heavy (non-hydrogen) atoms. The van der Waals surface area contributed by atoms with Crippen LogP contribution < -0.4 is 33.2 Å². The Labute approximate surface area is 191 Å². The molecule has 0 aromatic heterocycles. The van der Waals surface area contributed by atoms with Gasteiger partial charge in [0.1, 0.15) is 6.10 Å². The van der Waals surface area contributed by atoms with Crippen molar-refractivity contribution in [3.63, 3.8) is 0 Å². The van der Waals surface area contributed by atoms with Crippen LogP contribution in [0.5, 0.6) is 0 Å². The van der Waals surface area contributed by atoms with E-state index >= 15 is 0 Å². The van der Waals surface area contributed by atoms with Crippen LogP contribution in [0.4, 0.5) is 0 Å². The zero-order valence-corrected chi connectivity index (χ0v) is 19.5. The Morgan fingerprint density at radius 2 is 1.66 bits per heavy atom. The van der Waals surface area contributed by atoms with Gasteiger partial charge in [-0.3, -0.25) is 19.4 Å². The summed E-state index contributed by atoms with van der Waals surface area (Å²) in [6, 6.07) is 0. The molecule has 0 fully saturated rings. The molecule has 0 bridgehead atoms. The summed E-state index contributed by atoms with van der Waals surface area (Å²) in [5, 5.41) is 8.65. The van der Waals surface area contributed by atoms with Gasteiger partial charge in [0.15, 0.2) is 5.96 Å². The van der Waals surface area contributed by atoms with Gasteiger partial charge in [-0.1, -0.05) is 6.92 Å². The molecule has 11 nitrogen and oxygen atoms in total. The summed E-state index contributed by atoms with van der Waals surface area (Å²) < 4.78 is 5.42. The van der Waals surface area contributed by atoms with E-state index in [1.807, 2.05) is 6.92 Å². The number of carbonyl (C=O) groups is 3. The average Bonchev–Trinajstić information content (AvgIpc) is 2.73. The molecule has 0 aliphatic rings. The molecule has 0 aliphatic heterocycles. The van der Waals surface area contributed by atoms with Gasteiger partial charge in [-0.15, -0.1) is 0 Å². The number of esters is 1. The van der Waals surface area contributed by atoms with E-state index in [1.54, 1.807) is 0 Å². The summed E-state index contributed by atoms with van der Waals surface area (Å²) in [6.45, 7) is 5.28. The Bertz CT molecular complexity index is 554. The molecule has 0 radical (unpaired) electrons. The molecule has 0 heterocycles. The predicted octanol–water partition coefficient (Wildman–Crippen LogP) is -0.517. The fraction of sp³-hybridized carbons (Fsp3) is 0.810. The largest absolute Gasteiger partial charge is 0.462 e. The van der Waals surface area contributed by atoms with Crippen LogP contribution in [0.1, 0.15) is 64.7 Å². The maximum atomic E-state index is 12.2. The Kier molecular flexibility index (Phi) is 19.0. The Morgan fingerprint density at radius 3 is 2.34 bits per heavy atom. The first-order valence-electron chi connectivity index (χ1n) is 11.6. The number of hydrogen-bond acceptors (Lipinski definition) is 7. The van der Waals surface area contributed by atoms with Gasteiger partial charge in [0.2, 0.25) is 11.8 Å². The molecule has 0 aromatic rings. The summed E-state index contributed by atoms with van der Waals surface area (Å²) in [5.74, 6) is -0.869. The van der Waals surface area contributed by atoms with Crippen LogP contribution in [0.15, 0.2) is 4.99 Å². The second-order valence-electron chi connectivity index (χ2n) is 7.59. The number of nitrogens with zero attached hydrogens (tertiary/aromatic N) is 1. The molecule has 1 atom stereocenters. The lowest BCUT2D eigenvalue weighted by Crippen LogP contribution is -2.38. The lowest BCUT2D eigenvalue weighted by atomic mass is 10.1. The number of hydrogen-bond donors (Lipinski definition) is 6. The zero-order valence-electron chi connectivity index (χ0n) is 19.5. The highest BCUT2D eigenvalue weighted by molar-refractivity contribution is 5.85. The highest BCUT2D eigenvalue weighted by Crippen LogP contribution is 2.11. The quantitative estimate of drug-likeness (QED) is 0.0609. The van der Waals surface area contributed by atoms with Gasteiger partial charge in [-0.25, -0.2) is 0 Å². The molecule has 2 amide bonds. The minimum atomic E-state index is -0.539. The van der Waals surface area contributed by atoms with Crippen molar-refractivity contribution in [3.8, 4) is 0 Å². The third-order valence-electron chi connectivity index (χ3n) is 4.50. The van der Waals surface area contributed by atoms with Crippen molar-refractivity contribution in [2.45, 2.75) is 70.8 Å². The second kappa shape index (κ2) is 20.5. The summed E-state index contributed by atoms with van der Waals surface area (Å²) in [6.07, 6.45) is 5.14. The van der Waals surface area contributed by atoms with Crippen molar-refractivity contribution in [2.75, 3.05) is 39.3 Å². The van der Waals surface area contributed by atoms with Gasteiger partial charge in [-0.2, -0.15) is 0 Å². The van der Waals surface area contributed by atoms with Crippen LogP contribution >= 0.6 is 0 Å². The van der Waals surface area contributed by atoms with Gasteiger partial charge < -0.3 is 37.9 Å². The second-order valence-corrected chi connectivity index (χ2v) is 7.59. The minimum absolute atomic E-state index is 0.0134. The number of guanidine groups is 1. The lowest BCUT2D eigenvalue weighted by molar-refractivity contribution is -0.151. The predicted molar refractivity (Wildman–Crippen MR) is 126 cm³/mol. The molecule has 0 aromatic carbocycles. The number of aliphatic imine (C=N–C) groups is 1. The van der Waals surface area contributed by atoms with E-state index < -0.39 is 6.10 Å². The number of rotatable bonds is 20. The number of nitrogens with two attached hydrogens (primary N) is 3. The van der Waals surface area contributed by atoms with Crippen LogP contribution in [0.2, 0.25) is 0 Å². The molecule has 0 saturated carbocycles. The number of ether oxygens (including phenoxy) is 1. The van der Waals surface area contributed by atoms with Crippen LogP contribution in [-0.2, 0) is 19.1 Å². The van der Waals surface area contributed by atoms with Crippen LogP contribution in [-0.4, -0.2) is 69.1 Å². The molecular weight excluding hydrogens is 414 g/mol. The van der Waals surface area contributed by atoms with Crippen molar-refractivity contribution in [1.29, 1.82) is 0 Å². The molecule has 1 unspecified atom stereocenters. The van der Waals surface area contributed by atoms with Crippen molar-refractivity contribution in [2.24, 2.45) is 22.2 Å². The van der Waals surface area contributed by atoms with E-state index in [0.29, 0.717) is 51.7 Å². The molecule has 0 rings (SSSR count). The molecule has 186 valence electrons. The molecule has 0 saturated heterocycles. The van der Waals surface area contributed by atoms with Gasteiger partial charge in [0.25, 0.3) is 0 Å². The SMILES string of the molecule is CCCC(=O)OC(CCCCN=C(N)N)CC(=O)NCC(=O)NCCCCNCCCN. The lowest BCUT2D eigenvalue weighted by Gasteiger charge is -2.17. The van der Waals surface area contributed by atoms with Crippen molar-refractivity contribution >= 4 is 23.7 Å². The monoisotopic (exact) mass is 457 g/mol. The fourth-order valence-electron chi connectivity index (χ4n) is 2.82. The van der Waals surface area contributed by atoms with Gasteiger partial charge in [-0.05, 0) is 64.6 Å². The molecule has 0 spiro atoms. The number of nitrogens with one attached hydrogen (secondary N) is 3. The van der Waals surface area contributed by atoms with E-state index in [4.69, 9.17) is 21.9 Å². The van der Waals surface area contributed by atoms with Crippen LogP contribution in [0.25, 0.3) is 0 Å². The van der Waals surface area contributed by atoms with Gasteiger partial charge >= 0.3 is 5.97 Å². The van der Waals surface area contributed by atoms with Crippen molar-refractivity contribution < 1.29 is 19.1 Å². The van der Waals surface area contributed by atoms with Gasteiger partial charge in [0.05, 0.1) is 13.0 Å². The van der Waals surface area contributed by atoms with Gasteiger partial charge in [0, 0.05) is 19.5 Å². The summed E-state index contributed by atoms with van der Waals surface area (Å²) >= 11 is 0. The van der Waals surface area contributed by atoms with E-state index in [1.165, 1.54) is 0 Å². The summed E-state index contributed by atoms with van der Waals surface area (Å²) in [7, 11) is 0. The Morgan fingerprint density at radius 1 is 0.938 bits per heavy atom. The van der Waals surface area contributed by atoms with Crippen LogP contribution in [0.3, 0.4) is 0 Å². The first-order chi connectivity index (χ1) is 15.4. The zero-order chi connectivity index (χ0) is 24.0. The van der Waals surface area contributed by atoms with Crippen molar-refractivity contribution in [3.05, 3.63) is 0 Å². The van der Waals surface area contributed by atoms with E-state index in [0.717, 1.165) is 32.4 Å². The minimum Gasteiger partial charge on any atom is -0.462 e. The molecule has 11 heteroatoms. The van der Waals surface area contributed by atoms with E-state index in [-0.39, 0.29) is 36.7 Å². The van der Waals surface area contributed by atoms with Crippen LogP contribution in [0, 0.1) is 0 Å². The fourth-order valence-corrected chi connectivity index (χ4v) is 2.82. The number of carbonyl (C=O) groups excluding carboxylic acids is 3. The molecular formula is C21H43N7O4. The third-order valence-corrected chi connectivity index (χ3v) is 4.50. The summed E-state index contributed by atoms with van der Waals surface area (Å²) in [5.41, 5.74) is 16.0. The normalized spacial score (nSPS) is 11.4. The maximum absolute atomic E-state index is 12.2. The van der Waals surface area contributed by atoms with Crippen molar-refractivity contribution in [1.82, 2.24) is 16.0 Å². The smallest absolute Gasteiger partial charge is 0.306 e. The van der Waals surface area contributed by atoms with E-state index in [9.17, 15) is 14.4 Å². The average molecular weight is 458 g/mol. The Balaban J connectivity index is 4.14. The number of amides is 2. The van der Waals surface area contributed by atoms with E-state index in [2.05, 4.69) is 20.9 Å². The highest BCUT2D eigenvalue weighted by Gasteiger charge is 2.18. The summed E-state index contributed by atoms with van der Waals surface area (Å²) in [4.78, 5) is 39.9. The topological polar surface area (TPSA) is 187 Å². The third kappa shape index (κ3) is 19.6.